The van der Waals surface area contributed by atoms with Gasteiger partial charge in [0, 0.05) is 50.8 Å². The lowest BCUT2D eigenvalue weighted by Gasteiger charge is -2.17. The van der Waals surface area contributed by atoms with Gasteiger partial charge in [-0.1, -0.05) is 13.8 Å². The molecule has 32 heavy (non-hydrogen) atoms. The van der Waals surface area contributed by atoms with Crippen LogP contribution in [0.3, 0.4) is 0 Å². The summed E-state index contributed by atoms with van der Waals surface area (Å²) in [5.74, 6) is -1.24. The fraction of sp³-hybridized carbons (Fsp3) is 0.455. The molecule has 1 aliphatic rings. The summed E-state index contributed by atoms with van der Waals surface area (Å²) in [6, 6.07) is 8.80. The molecular formula is C22H30N4O5S. The molecule has 1 N–H and O–H groups in total. The third kappa shape index (κ3) is 5.31. The molecule has 3 rings (SSSR count). The Bertz CT molecular complexity index is 1050. The molecule has 2 aromatic rings. The van der Waals surface area contributed by atoms with Crippen molar-refractivity contribution in [2.24, 2.45) is 7.05 Å². The van der Waals surface area contributed by atoms with Gasteiger partial charge >= 0.3 is 5.97 Å². The van der Waals surface area contributed by atoms with Crippen LogP contribution in [0.15, 0.2) is 41.4 Å². The van der Waals surface area contributed by atoms with Gasteiger partial charge in [0.15, 0.2) is 6.61 Å². The first kappa shape index (κ1) is 23.8. The minimum Gasteiger partial charge on any atom is -0.451 e. The molecular weight excluding hydrogens is 432 g/mol. The van der Waals surface area contributed by atoms with Crippen LogP contribution < -0.4 is 10.2 Å². The van der Waals surface area contributed by atoms with Crippen LogP contribution in [-0.2, 0) is 26.6 Å². The number of ether oxygens (including phenoxy) is 1. The molecule has 1 aromatic heterocycles. The number of anilines is 2. The number of carbonyl (C=O) groups excluding carboxylic acids is 2. The van der Waals surface area contributed by atoms with Gasteiger partial charge in [-0.15, -0.1) is 0 Å². The van der Waals surface area contributed by atoms with Gasteiger partial charge in [0.1, 0.15) is 10.6 Å². The van der Waals surface area contributed by atoms with Gasteiger partial charge in [0.2, 0.25) is 10.0 Å². The van der Waals surface area contributed by atoms with Crippen LogP contribution in [0.5, 0.6) is 0 Å². The lowest BCUT2D eigenvalue weighted by atomic mass is 10.2. The van der Waals surface area contributed by atoms with Crippen molar-refractivity contribution in [2.45, 2.75) is 31.6 Å². The molecule has 10 heteroatoms. The number of hydrogen-bond donors (Lipinski definition) is 1. The lowest BCUT2D eigenvalue weighted by molar-refractivity contribution is -0.119. The Labute approximate surface area is 189 Å². The average molecular weight is 463 g/mol. The summed E-state index contributed by atoms with van der Waals surface area (Å²) >= 11 is 0. The number of benzene rings is 1. The van der Waals surface area contributed by atoms with Gasteiger partial charge in [0.25, 0.3) is 5.91 Å². The van der Waals surface area contributed by atoms with Crippen molar-refractivity contribution in [1.29, 1.82) is 0 Å². The fourth-order valence-electron chi connectivity index (χ4n) is 3.72. The van der Waals surface area contributed by atoms with E-state index in [1.807, 2.05) is 24.3 Å². The summed E-state index contributed by atoms with van der Waals surface area (Å²) in [6.07, 6.45) is 3.74. The van der Waals surface area contributed by atoms with Crippen molar-refractivity contribution in [3.05, 3.63) is 42.2 Å². The Balaban J connectivity index is 1.57. The van der Waals surface area contributed by atoms with Crippen molar-refractivity contribution in [3.63, 3.8) is 0 Å². The molecule has 0 bridgehead atoms. The standard InChI is InChI=1S/C22H30N4O5S/c1-4-26(5-2)32(29,30)19-14-20(24(3)15-19)22(28)31-16-21(27)23-17-8-10-18(11-9-17)25-12-6-7-13-25/h8-11,14-15H,4-7,12-13,16H2,1-3H3,(H,23,27). The summed E-state index contributed by atoms with van der Waals surface area (Å²) in [4.78, 5) is 26.9. The lowest BCUT2D eigenvalue weighted by Crippen LogP contribution is -2.30. The minimum absolute atomic E-state index is 0.0122. The number of amides is 1. The Morgan fingerprint density at radius 2 is 1.72 bits per heavy atom. The highest BCUT2D eigenvalue weighted by atomic mass is 32.2. The first-order valence-electron chi connectivity index (χ1n) is 10.7. The van der Waals surface area contributed by atoms with Gasteiger partial charge in [0.05, 0.1) is 0 Å². The van der Waals surface area contributed by atoms with Crippen LogP contribution in [0.4, 0.5) is 11.4 Å². The number of aromatic nitrogens is 1. The van der Waals surface area contributed by atoms with Crippen LogP contribution in [0.25, 0.3) is 0 Å². The molecule has 174 valence electrons. The maximum atomic E-state index is 12.7. The van der Waals surface area contributed by atoms with Crippen LogP contribution in [0.2, 0.25) is 0 Å². The monoisotopic (exact) mass is 462 g/mol. The molecule has 2 heterocycles. The summed E-state index contributed by atoms with van der Waals surface area (Å²) in [5.41, 5.74) is 1.78. The van der Waals surface area contributed by atoms with Gasteiger partial charge in [-0.3, -0.25) is 4.79 Å². The molecule has 1 saturated heterocycles. The van der Waals surface area contributed by atoms with Crippen LogP contribution in [0.1, 0.15) is 37.2 Å². The molecule has 0 aliphatic carbocycles. The highest BCUT2D eigenvalue weighted by Crippen LogP contribution is 2.22. The number of hydrogen-bond acceptors (Lipinski definition) is 6. The average Bonchev–Trinajstić information content (AvgIpc) is 3.44. The first-order valence-corrected chi connectivity index (χ1v) is 12.2. The minimum atomic E-state index is -3.70. The highest BCUT2D eigenvalue weighted by molar-refractivity contribution is 7.89. The zero-order valence-electron chi connectivity index (χ0n) is 18.7. The fourth-order valence-corrected chi connectivity index (χ4v) is 5.25. The number of nitrogens with zero attached hydrogens (tertiary/aromatic N) is 3. The molecule has 1 fully saturated rings. The van der Waals surface area contributed by atoms with Crippen LogP contribution in [0, 0.1) is 0 Å². The molecule has 9 nitrogen and oxygen atoms in total. The van der Waals surface area contributed by atoms with E-state index in [2.05, 4.69) is 10.2 Å². The van der Waals surface area contributed by atoms with Crippen LogP contribution in [-0.4, -0.2) is 62.0 Å². The van der Waals surface area contributed by atoms with Gasteiger partial charge in [-0.05, 0) is 43.2 Å². The third-order valence-electron chi connectivity index (χ3n) is 5.49. The predicted octanol–water partition coefficient (Wildman–Crippen LogP) is 2.45. The van der Waals surface area contributed by atoms with E-state index in [1.54, 1.807) is 20.9 Å². The first-order chi connectivity index (χ1) is 15.3. The van der Waals surface area contributed by atoms with Crippen molar-refractivity contribution >= 4 is 33.3 Å². The summed E-state index contributed by atoms with van der Waals surface area (Å²) in [5, 5.41) is 2.70. The quantitative estimate of drug-likeness (QED) is 0.575. The van der Waals surface area contributed by atoms with Crippen molar-refractivity contribution < 1.29 is 22.7 Å². The zero-order chi connectivity index (χ0) is 23.3. The van der Waals surface area contributed by atoms with E-state index in [1.165, 1.54) is 34.0 Å². The number of sulfonamides is 1. The number of aryl methyl sites for hydroxylation is 1. The number of carbonyl (C=O) groups is 2. The highest BCUT2D eigenvalue weighted by Gasteiger charge is 2.26. The Morgan fingerprint density at radius 1 is 1.09 bits per heavy atom. The van der Waals surface area contributed by atoms with Crippen molar-refractivity contribution in [2.75, 3.05) is 43.0 Å². The topological polar surface area (TPSA) is 101 Å². The largest absolute Gasteiger partial charge is 0.451 e. The SMILES string of the molecule is CCN(CC)S(=O)(=O)c1cc(C(=O)OCC(=O)Nc2ccc(N3CCCC3)cc2)n(C)c1. The van der Waals surface area contributed by atoms with Crippen LogP contribution >= 0.6 is 0 Å². The molecule has 0 unspecified atom stereocenters. The molecule has 0 spiro atoms. The maximum Gasteiger partial charge on any atom is 0.355 e. The summed E-state index contributed by atoms with van der Waals surface area (Å²) in [7, 11) is -2.14. The second kappa shape index (κ2) is 10.2. The van der Waals surface area contributed by atoms with E-state index in [-0.39, 0.29) is 10.6 Å². The van der Waals surface area contributed by atoms with E-state index in [0.29, 0.717) is 18.8 Å². The molecule has 1 aromatic carbocycles. The van der Waals surface area contributed by atoms with Gasteiger partial charge < -0.3 is 19.5 Å². The van der Waals surface area contributed by atoms with Crippen molar-refractivity contribution in [1.82, 2.24) is 8.87 Å². The van der Waals surface area contributed by atoms with Crippen molar-refractivity contribution in [3.8, 4) is 0 Å². The normalized spacial score (nSPS) is 14.1. The number of nitrogens with one attached hydrogen (secondary N) is 1. The Morgan fingerprint density at radius 3 is 2.31 bits per heavy atom. The Hall–Kier alpha value is -2.85. The molecule has 0 saturated carbocycles. The number of rotatable bonds is 9. The molecule has 0 atom stereocenters. The molecule has 1 aliphatic heterocycles. The third-order valence-corrected chi connectivity index (χ3v) is 7.50. The summed E-state index contributed by atoms with van der Waals surface area (Å²) < 4.78 is 33.1. The van der Waals surface area contributed by atoms with E-state index < -0.39 is 28.5 Å². The van der Waals surface area contributed by atoms with E-state index in [0.717, 1.165) is 18.8 Å². The van der Waals surface area contributed by atoms with E-state index in [9.17, 15) is 18.0 Å². The van der Waals surface area contributed by atoms with E-state index >= 15 is 0 Å². The second-order valence-corrected chi connectivity index (χ2v) is 9.56. The smallest absolute Gasteiger partial charge is 0.355 e. The molecule has 0 radical (unpaired) electrons. The maximum absolute atomic E-state index is 12.7. The molecule has 1 amide bonds. The summed E-state index contributed by atoms with van der Waals surface area (Å²) in [6.45, 7) is 5.75. The Kier molecular flexibility index (Phi) is 7.57. The van der Waals surface area contributed by atoms with Gasteiger partial charge in [-0.25, -0.2) is 13.2 Å². The van der Waals surface area contributed by atoms with Gasteiger partial charge in [-0.2, -0.15) is 4.31 Å². The zero-order valence-corrected chi connectivity index (χ0v) is 19.5. The van der Waals surface area contributed by atoms with E-state index in [4.69, 9.17) is 4.74 Å². The number of esters is 1. The second-order valence-electron chi connectivity index (χ2n) is 7.63. The predicted molar refractivity (Wildman–Crippen MR) is 122 cm³/mol.